The minimum Gasteiger partial charge on any atom is -0.322 e. The van der Waals surface area contributed by atoms with Crippen LogP contribution in [0.25, 0.3) is 0 Å². The minimum atomic E-state index is -0.479. The second-order valence-corrected chi connectivity index (χ2v) is 7.00. The van der Waals surface area contributed by atoms with Crippen molar-refractivity contribution in [1.29, 1.82) is 5.26 Å². The number of anilines is 1. The first-order valence-electron chi connectivity index (χ1n) is 8.32. The van der Waals surface area contributed by atoms with Crippen molar-refractivity contribution in [3.63, 3.8) is 0 Å². The highest BCUT2D eigenvalue weighted by atomic mass is 32.2. The molecule has 0 radical (unpaired) electrons. The Morgan fingerprint density at radius 2 is 1.75 bits per heavy atom. The Balaban J connectivity index is 1.89. The van der Waals surface area contributed by atoms with Gasteiger partial charge in [-0.25, -0.2) is 0 Å². The Bertz CT molecular complexity index is 1110. The zero-order valence-corrected chi connectivity index (χ0v) is 15.7. The topological polar surface area (TPSA) is 96.0 Å². The summed E-state index contributed by atoms with van der Waals surface area (Å²) in [5, 5.41) is 23.1. The van der Waals surface area contributed by atoms with Gasteiger partial charge in [0.25, 0.3) is 11.6 Å². The van der Waals surface area contributed by atoms with Gasteiger partial charge in [-0.2, -0.15) is 5.26 Å². The number of nitro benzene ring substituents is 1. The van der Waals surface area contributed by atoms with Crippen LogP contribution in [0.15, 0.2) is 76.5 Å². The zero-order chi connectivity index (χ0) is 20.1. The molecule has 0 aliphatic rings. The molecular formula is C21H15N3O3S. The maximum Gasteiger partial charge on any atom is 0.274 e. The van der Waals surface area contributed by atoms with Gasteiger partial charge in [-0.1, -0.05) is 42.1 Å². The van der Waals surface area contributed by atoms with E-state index in [9.17, 15) is 20.2 Å². The third-order valence-corrected chi connectivity index (χ3v) is 5.17. The molecule has 0 aromatic heterocycles. The van der Waals surface area contributed by atoms with E-state index >= 15 is 0 Å². The molecule has 7 heteroatoms. The minimum absolute atomic E-state index is 0.0524. The highest BCUT2D eigenvalue weighted by molar-refractivity contribution is 7.99. The van der Waals surface area contributed by atoms with E-state index in [4.69, 9.17) is 0 Å². The van der Waals surface area contributed by atoms with Crippen LogP contribution in [-0.4, -0.2) is 10.8 Å². The third kappa shape index (κ3) is 4.19. The molecule has 0 atom stereocenters. The Kier molecular flexibility index (Phi) is 5.72. The van der Waals surface area contributed by atoms with Gasteiger partial charge in [0.15, 0.2) is 0 Å². The average molecular weight is 389 g/mol. The molecule has 6 nitrogen and oxygen atoms in total. The Morgan fingerprint density at radius 1 is 1.07 bits per heavy atom. The molecule has 28 heavy (non-hydrogen) atoms. The van der Waals surface area contributed by atoms with Gasteiger partial charge in [0.2, 0.25) is 0 Å². The highest BCUT2D eigenvalue weighted by Crippen LogP contribution is 2.33. The molecule has 3 rings (SSSR count). The SMILES string of the molecule is Cc1ccc(NC(=O)c2ccccc2Sc2ccccc2C#N)cc1[N+](=O)[O-]. The number of amides is 1. The largest absolute Gasteiger partial charge is 0.322 e. The number of hydrogen-bond acceptors (Lipinski definition) is 5. The smallest absolute Gasteiger partial charge is 0.274 e. The van der Waals surface area contributed by atoms with Gasteiger partial charge in [0, 0.05) is 27.1 Å². The quantitative estimate of drug-likeness (QED) is 0.479. The molecule has 0 unspecified atom stereocenters. The van der Waals surface area contributed by atoms with Crippen molar-refractivity contribution in [3.05, 3.63) is 93.5 Å². The first-order valence-corrected chi connectivity index (χ1v) is 9.13. The monoisotopic (exact) mass is 389 g/mol. The number of nitro groups is 1. The Hall–Kier alpha value is -3.63. The standard InChI is InChI=1S/C21H15N3O3S/c1-14-10-11-16(12-18(14)24(26)27)23-21(25)17-7-3-5-9-20(17)28-19-8-4-2-6-15(19)13-22/h2-12H,1H3,(H,23,25). The summed E-state index contributed by atoms with van der Waals surface area (Å²) in [6.07, 6.45) is 0. The van der Waals surface area contributed by atoms with Gasteiger partial charge in [0.1, 0.15) is 6.07 Å². The number of rotatable bonds is 5. The summed E-state index contributed by atoms with van der Waals surface area (Å²) in [6.45, 7) is 1.64. The van der Waals surface area contributed by atoms with Gasteiger partial charge < -0.3 is 5.32 Å². The molecule has 0 saturated heterocycles. The van der Waals surface area contributed by atoms with Crippen molar-refractivity contribution in [2.75, 3.05) is 5.32 Å². The molecule has 0 saturated carbocycles. The number of nitrogens with zero attached hydrogens (tertiary/aromatic N) is 2. The van der Waals surface area contributed by atoms with Gasteiger partial charge in [-0.3, -0.25) is 14.9 Å². The second-order valence-electron chi connectivity index (χ2n) is 5.92. The molecule has 0 fully saturated rings. The molecule has 1 amide bonds. The highest BCUT2D eigenvalue weighted by Gasteiger charge is 2.16. The van der Waals surface area contributed by atoms with Crippen LogP contribution in [0.1, 0.15) is 21.5 Å². The summed E-state index contributed by atoms with van der Waals surface area (Å²) in [4.78, 5) is 24.8. The summed E-state index contributed by atoms with van der Waals surface area (Å²) in [5.74, 6) is -0.379. The van der Waals surface area contributed by atoms with Crippen LogP contribution in [0.3, 0.4) is 0 Å². The van der Waals surface area contributed by atoms with Gasteiger partial charge in [0.05, 0.1) is 16.1 Å². The van der Waals surface area contributed by atoms with Gasteiger partial charge in [-0.15, -0.1) is 0 Å². The molecule has 0 aliphatic carbocycles. The van der Waals surface area contributed by atoms with E-state index in [0.717, 1.165) is 4.90 Å². The predicted octanol–water partition coefficient (Wildman–Crippen LogP) is 5.18. The molecule has 0 heterocycles. The van der Waals surface area contributed by atoms with Crippen molar-refractivity contribution in [1.82, 2.24) is 0 Å². The maximum absolute atomic E-state index is 12.8. The summed E-state index contributed by atoms with van der Waals surface area (Å²) in [5.41, 5.74) is 1.76. The van der Waals surface area contributed by atoms with E-state index < -0.39 is 4.92 Å². The Labute approximate surface area is 166 Å². The van der Waals surface area contributed by atoms with Crippen LogP contribution >= 0.6 is 11.8 Å². The van der Waals surface area contributed by atoms with Crippen molar-refractivity contribution in [2.45, 2.75) is 16.7 Å². The average Bonchev–Trinajstić information content (AvgIpc) is 2.70. The summed E-state index contributed by atoms with van der Waals surface area (Å²) >= 11 is 1.32. The van der Waals surface area contributed by atoms with Gasteiger partial charge in [-0.05, 0) is 37.3 Å². The summed E-state index contributed by atoms with van der Waals surface area (Å²) in [6, 6.07) is 20.9. The zero-order valence-electron chi connectivity index (χ0n) is 14.9. The number of aryl methyl sites for hydroxylation is 1. The van der Waals surface area contributed by atoms with E-state index in [0.29, 0.717) is 27.3 Å². The van der Waals surface area contributed by atoms with E-state index in [2.05, 4.69) is 11.4 Å². The summed E-state index contributed by atoms with van der Waals surface area (Å²) in [7, 11) is 0. The van der Waals surface area contributed by atoms with Gasteiger partial charge >= 0.3 is 0 Å². The lowest BCUT2D eigenvalue weighted by molar-refractivity contribution is -0.385. The molecule has 0 bridgehead atoms. The molecule has 0 aliphatic heterocycles. The van der Waals surface area contributed by atoms with Crippen molar-refractivity contribution in [3.8, 4) is 6.07 Å². The van der Waals surface area contributed by atoms with E-state index in [-0.39, 0.29) is 11.6 Å². The van der Waals surface area contributed by atoms with E-state index in [1.165, 1.54) is 17.8 Å². The van der Waals surface area contributed by atoms with Crippen molar-refractivity contribution < 1.29 is 9.72 Å². The fourth-order valence-electron chi connectivity index (χ4n) is 2.59. The first kappa shape index (κ1) is 19.1. The van der Waals surface area contributed by atoms with Crippen LogP contribution in [0.2, 0.25) is 0 Å². The molecule has 1 N–H and O–H groups in total. The molecule has 0 spiro atoms. The van der Waals surface area contributed by atoms with E-state index in [1.54, 1.807) is 49.4 Å². The number of nitriles is 1. The lowest BCUT2D eigenvalue weighted by Crippen LogP contribution is -2.13. The molecule has 3 aromatic rings. The van der Waals surface area contributed by atoms with Crippen LogP contribution in [0.4, 0.5) is 11.4 Å². The normalized spacial score (nSPS) is 10.1. The number of carbonyl (C=O) groups is 1. The first-order chi connectivity index (χ1) is 13.5. The molecular weight excluding hydrogens is 374 g/mol. The number of benzene rings is 3. The lowest BCUT2D eigenvalue weighted by Gasteiger charge is -2.11. The number of carbonyl (C=O) groups excluding carboxylic acids is 1. The lowest BCUT2D eigenvalue weighted by atomic mass is 10.1. The van der Waals surface area contributed by atoms with Crippen LogP contribution < -0.4 is 5.32 Å². The molecule has 3 aromatic carbocycles. The number of nitrogens with one attached hydrogen (secondary N) is 1. The summed E-state index contributed by atoms with van der Waals surface area (Å²) < 4.78 is 0. The second kappa shape index (κ2) is 8.37. The van der Waals surface area contributed by atoms with Crippen LogP contribution in [0.5, 0.6) is 0 Å². The van der Waals surface area contributed by atoms with Crippen LogP contribution in [-0.2, 0) is 0 Å². The fourth-order valence-corrected chi connectivity index (χ4v) is 3.62. The van der Waals surface area contributed by atoms with Crippen molar-refractivity contribution >= 4 is 29.0 Å². The maximum atomic E-state index is 12.8. The number of hydrogen-bond donors (Lipinski definition) is 1. The molecule has 138 valence electrons. The van der Waals surface area contributed by atoms with Crippen molar-refractivity contribution in [2.24, 2.45) is 0 Å². The van der Waals surface area contributed by atoms with E-state index in [1.807, 2.05) is 18.2 Å². The fraction of sp³-hybridized carbons (Fsp3) is 0.0476. The Morgan fingerprint density at radius 3 is 2.46 bits per heavy atom. The predicted molar refractivity (Wildman–Crippen MR) is 108 cm³/mol. The van der Waals surface area contributed by atoms with Crippen LogP contribution in [0, 0.1) is 28.4 Å². The third-order valence-electron chi connectivity index (χ3n) is 4.02.